The number of halogens is 1. The van der Waals surface area contributed by atoms with E-state index in [-0.39, 0.29) is 24.3 Å². The number of thiophene rings is 1. The predicted molar refractivity (Wildman–Crippen MR) is 87.7 cm³/mol. The molecule has 1 aromatic heterocycles. The number of anilines is 1. The van der Waals surface area contributed by atoms with Gasteiger partial charge < -0.3 is 10.2 Å². The molecule has 6 heteroatoms. The van der Waals surface area contributed by atoms with Crippen LogP contribution in [0.25, 0.3) is 0 Å². The topological polar surface area (TPSA) is 49.4 Å². The van der Waals surface area contributed by atoms with E-state index in [2.05, 4.69) is 5.32 Å². The Morgan fingerprint density at radius 3 is 2.83 bits per heavy atom. The van der Waals surface area contributed by atoms with Gasteiger partial charge in [0, 0.05) is 22.0 Å². The first kappa shape index (κ1) is 15.7. The second-order valence-corrected chi connectivity index (χ2v) is 6.80. The molecule has 4 nitrogen and oxygen atoms in total. The first-order chi connectivity index (χ1) is 11.0. The van der Waals surface area contributed by atoms with Crippen molar-refractivity contribution in [3.05, 3.63) is 52.0 Å². The lowest BCUT2D eigenvalue weighted by molar-refractivity contribution is -0.138. The molecule has 23 heavy (non-hydrogen) atoms. The van der Waals surface area contributed by atoms with E-state index in [1.54, 1.807) is 19.9 Å². The third-order valence-corrected chi connectivity index (χ3v) is 4.72. The summed E-state index contributed by atoms with van der Waals surface area (Å²) in [6, 6.07) is 7.58. The molecule has 1 aliphatic rings. The highest BCUT2D eigenvalue weighted by Crippen LogP contribution is 2.38. The number of hydrogen-bond acceptors (Lipinski definition) is 3. The highest BCUT2D eigenvalue weighted by Gasteiger charge is 2.35. The number of carbonyl (C=O) groups is 2. The minimum absolute atomic E-state index is 0.0458. The lowest BCUT2D eigenvalue weighted by Crippen LogP contribution is -2.40. The van der Waals surface area contributed by atoms with Gasteiger partial charge in [0.15, 0.2) is 0 Å². The average molecular weight is 332 g/mol. The standard InChI is InChI=1S/C17H17FN2O2S/c1-10(2)17(22)20-9-15(21)19-13-6-5-11(18)8-12(13)16(20)14-4-3-7-23-14/h3-8,10,16H,9H2,1-2H3,(H,19,21). The van der Waals surface area contributed by atoms with Crippen molar-refractivity contribution in [2.75, 3.05) is 11.9 Å². The molecule has 0 aliphatic carbocycles. The molecule has 0 fully saturated rings. The molecule has 0 radical (unpaired) electrons. The molecule has 0 saturated carbocycles. The summed E-state index contributed by atoms with van der Waals surface area (Å²) in [6.07, 6.45) is 0. The molecule has 1 atom stereocenters. The highest BCUT2D eigenvalue weighted by atomic mass is 32.1. The number of nitrogens with zero attached hydrogens (tertiary/aromatic N) is 1. The Balaban J connectivity index is 2.19. The number of amides is 2. The van der Waals surface area contributed by atoms with Crippen LogP contribution in [0.4, 0.5) is 10.1 Å². The molecule has 2 amide bonds. The maximum absolute atomic E-state index is 13.8. The smallest absolute Gasteiger partial charge is 0.244 e. The Labute approximate surface area is 137 Å². The normalized spacial score (nSPS) is 17.7. The lowest BCUT2D eigenvalue weighted by atomic mass is 10.0. The molecular weight excluding hydrogens is 315 g/mol. The van der Waals surface area contributed by atoms with Gasteiger partial charge in [0.25, 0.3) is 0 Å². The van der Waals surface area contributed by atoms with E-state index < -0.39 is 11.9 Å². The first-order valence-electron chi connectivity index (χ1n) is 7.40. The summed E-state index contributed by atoms with van der Waals surface area (Å²) in [6.45, 7) is 3.54. The van der Waals surface area contributed by atoms with Crippen molar-refractivity contribution in [3.8, 4) is 0 Å². The first-order valence-corrected chi connectivity index (χ1v) is 8.28. The predicted octanol–water partition coefficient (Wildman–Crippen LogP) is 3.41. The number of rotatable bonds is 2. The maximum atomic E-state index is 13.8. The summed E-state index contributed by atoms with van der Waals surface area (Å²) in [7, 11) is 0. The summed E-state index contributed by atoms with van der Waals surface area (Å²) in [5.74, 6) is -1.04. The van der Waals surface area contributed by atoms with E-state index in [0.29, 0.717) is 11.3 Å². The van der Waals surface area contributed by atoms with Gasteiger partial charge in [-0.2, -0.15) is 0 Å². The van der Waals surface area contributed by atoms with Crippen LogP contribution in [0, 0.1) is 11.7 Å². The van der Waals surface area contributed by atoms with Gasteiger partial charge in [-0.3, -0.25) is 9.59 Å². The van der Waals surface area contributed by atoms with E-state index in [1.165, 1.54) is 28.4 Å². The van der Waals surface area contributed by atoms with E-state index in [4.69, 9.17) is 0 Å². The average Bonchev–Trinajstić information content (AvgIpc) is 2.97. The number of fused-ring (bicyclic) bond motifs is 1. The fourth-order valence-corrected chi connectivity index (χ4v) is 3.62. The summed E-state index contributed by atoms with van der Waals surface area (Å²) in [5, 5.41) is 4.68. The zero-order valence-electron chi connectivity index (χ0n) is 12.9. The Hall–Kier alpha value is -2.21. The minimum atomic E-state index is -0.463. The van der Waals surface area contributed by atoms with Crippen LogP contribution in [-0.4, -0.2) is 23.3 Å². The van der Waals surface area contributed by atoms with Crippen molar-refractivity contribution in [2.45, 2.75) is 19.9 Å². The molecule has 2 aromatic rings. The third-order valence-electron chi connectivity index (χ3n) is 3.80. The van der Waals surface area contributed by atoms with E-state index in [1.807, 2.05) is 17.5 Å². The Morgan fingerprint density at radius 2 is 2.17 bits per heavy atom. The number of benzene rings is 1. The van der Waals surface area contributed by atoms with Crippen LogP contribution >= 0.6 is 11.3 Å². The van der Waals surface area contributed by atoms with Crippen LogP contribution in [-0.2, 0) is 9.59 Å². The van der Waals surface area contributed by atoms with Crippen LogP contribution in [0.3, 0.4) is 0 Å². The SMILES string of the molecule is CC(C)C(=O)N1CC(=O)Nc2ccc(F)cc2C1c1cccs1. The molecule has 0 spiro atoms. The van der Waals surface area contributed by atoms with Crippen LogP contribution in [0.15, 0.2) is 35.7 Å². The van der Waals surface area contributed by atoms with Crippen molar-refractivity contribution in [1.82, 2.24) is 4.90 Å². The number of hydrogen-bond donors (Lipinski definition) is 1. The molecule has 1 aromatic carbocycles. The van der Waals surface area contributed by atoms with Gasteiger partial charge in [-0.05, 0) is 29.6 Å². The molecule has 120 valence electrons. The van der Waals surface area contributed by atoms with Gasteiger partial charge in [0.05, 0.1) is 6.04 Å². The Morgan fingerprint density at radius 1 is 1.39 bits per heavy atom. The van der Waals surface area contributed by atoms with E-state index in [9.17, 15) is 14.0 Å². The van der Waals surface area contributed by atoms with Crippen LogP contribution < -0.4 is 5.32 Å². The molecule has 1 N–H and O–H groups in total. The van der Waals surface area contributed by atoms with Gasteiger partial charge >= 0.3 is 0 Å². The lowest BCUT2D eigenvalue weighted by Gasteiger charge is -2.30. The molecule has 3 rings (SSSR count). The molecule has 1 aliphatic heterocycles. The molecule has 0 bridgehead atoms. The third kappa shape index (κ3) is 2.99. The number of nitrogens with one attached hydrogen (secondary N) is 1. The summed E-state index contributed by atoms with van der Waals surface area (Å²) >= 11 is 1.49. The van der Waals surface area contributed by atoms with Crippen LogP contribution in [0.2, 0.25) is 0 Å². The fourth-order valence-electron chi connectivity index (χ4n) is 2.77. The van der Waals surface area contributed by atoms with Crippen molar-refractivity contribution < 1.29 is 14.0 Å². The van der Waals surface area contributed by atoms with Gasteiger partial charge in [0.2, 0.25) is 11.8 Å². The zero-order chi connectivity index (χ0) is 16.6. The summed E-state index contributed by atoms with van der Waals surface area (Å²) in [5.41, 5.74) is 1.15. The zero-order valence-corrected chi connectivity index (χ0v) is 13.7. The fraction of sp³-hybridized carbons (Fsp3) is 0.294. The van der Waals surface area contributed by atoms with Crippen molar-refractivity contribution >= 4 is 28.8 Å². The van der Waals surface area contributed by atoms with E-state index >= 15 is 0 Å². The Bertz CT molecular complexity index is 743. The van der Waals surface area contributed by atoms with E-state index in [0.717, 1.165) is 4.88 Å². The summed E-state index contributed by atoms with van der Waals surface area (Å²) in [4.78, 5) is 27.3. The largest absolute Gasteiger partial charge is 0.324 e. The Kier molecular flexibility index (Phi) is 4.17. The highest BCUT2D eigenvalue weighted by molar-refractivity contribution is 7.10. The maximum Gasteiger partial charge on any atom is 0.244 e. The quantitative estimate of drug-likeness (QED) is 0.916. The minimum Gasteiger partial charge on any atom is -0.324 e. The molecular formula is C17H17FN2O2S. The second kappa shape index (κ2) is 6.12. The van der Waals surface area contributed by atoms with Crippen LogP contribution in [0.1, 0.15) is 30.3 Å². The second-order valence-electron chi connectivity index (χ2n) is 5.82. The van der Waals surface area contributed by atoms with Gasteiger partial charge in [-0.25, -0.2) is 4.39 Å². The monoisotopic (exact) mass is 332 g/mol. The van der Waals surface area contributed by atoms with Gasteiger partial charge in [0.1, 0.15) is 12.4 Å². The van der Waals surface area contributed by atoms with Crippen LogP contribution in [0.5, 0.6) is 0 Å². The molecule has 2 heterocycles. The molecule has 1 unspecified atom stereocenters. The van der Waals surface area contributed by atoms with Crippen molar-refractivity contribution in [3.63, 3.8) is 0 Å². The summed E-state index contributed by atoms with van der Waals surface area (Å²) < 4.78 is 13.8. The molecule has 0 saturated heterocycles. The van der Waals surface area contributed by atoms with Crippen molar-refractivity contribution in [2.24, 2.45) is 5.92 Å². The van der Waals surface area contributed by atoms with Crippen molar-refractivity contribution in [1.29, 1.82) is 0 Å². The van der Waals surface area contributed by atoms with Gasteiger partial charge in [-0.1, -0.05) is 19.9 Å². The van der Waals surface area contributed by atoms with Gasteiger partial charge in [-0.15, -0.1) is 11.3 Å². The number of carbonyl (C=O) groups excluding carboxylic acids is 2.